The average Bonchev–Trinajstić information content (AvgIpc) is 2.96. The molecule has 0 aliphatic carbocycles. The Balaban J connectivity index is 2.23. The van der Waals surface area contributed by atoms with Gasteiger partial charge >= 0.3 is 0 Å². The fourth-order valence-electron chi connectivity index (χ4n) is 3.56. The van der Waals surface area contributed by atoms with Gasteiger partial charge in [-0.3, -0.25) is 14.6 Å². The number of hydrogen-bond acceptors (Lipinski definition) is 6. The number of aliphatic hydroxyl groups excluding tert-OH is 1. The molecule has 1 saturated heterocycles. The number of aliphatic hydroxyl groups is 1. The predicted molar refractivity (Wildman–Crippen MR) is 115 cm³/mol. The third kappa shape index (κ3) is 4.04. The summed E-state index contributed by atoms with van der Waals surface area (Å²) in [6.45, 7) is 2.69. The van der Waals surface area contributed by atoms with Crippen LogP contribution in [0.5, 0.6) is 5.75 Å². The number of aryl methyl sites for hydroxylation is 1. The highest BCUT2D eigenvalue weighted by molar-refractivity contribution is 6.46. The number of pyridine rings is 1. The zero-order valence-electron chi connectivity index (χ0n) is 17.3. The number of likely N-dealkylation sites (tertiary alicyclic amines) is 1. The number of halogens is 1. The van der Waals surface area contributed by atoms with Crippen LogP contribution in [0.15, 0.2) is 42.2 Å². The molecule has 1 unspecified atom stereocenters. The molecule has 7 nitrogen and oxygen atoms in total. The number of rotatable bonds is 6. The van der Waals surface area contributed by atoms with Crippen molar-refractivity contribution in [3.63, 3.8) is 0 Å². The smallest absolute Gasteiger partial charge is 0.295 e. The van der Waals surface area contributed by atoms with E-state index in [0.29, 0.717) is 23.7 Å². The molecule has 0 bridgehead atoms. The van der Waals surface area contributed by atoms with Gasteiger partial charge in [0, 0.05) is 25.5 Å². The maximum Gasteiger partial charge on any atom is 0.295 e. The van der Waals surface area contributed by atoms with E-state index in [4.69, 9.17) is 16.3 Å². The van der Waals surface area contributed by atoms with E-state index in [0.717, 1.165) is 5.56 Å². The number of nitrogens with zero attached hydrogens (tertiary/aromatic N) is 3. The maximum atomic E-state index is 13.0. The summed E-state index contributed by atoms with van der Waals surface area (Å²) in [5.41, 5.74) is 1.67. The minimum Gasteiger partial charge on any atom is -0.507 e. The number of Topliss-reactive ketones (excluding diaryl/α,β-unsaturated/α-hetero) is 1. The lowest BCUT2D eigenvalue weighted by Crippen LogP contribution is -2.35. The van der Waals surface area contributed by atoms with Crippen LogP contribution in [-0.4, -0.2) is 65.9 Å². The Bertz CT molecular complexity index is 1000. The third-order valence-corrected chi connectivity index (χ3v) is 5.26. The summed E-state index contributed by atoms with van der Waals surface area (Å²) in [6, 6.07) is 6.12. The van der Waals surface area contributed by atoms with Gasteiger partial charge in [-0.15, -0.1) is 0 Å². The van der Waals surface area contributed by atoms with E-state index in [2.05, 4.69) is 4.98 Å². The van der Waals surface area contributed by atoms with Gasteiger partial charge in [0.05, 0.1) is 29.3 Å². The second kappa shape index (κ2) is 8.85. The van der Waals surface area contributed by atoms with E-state index in [1.165, 1.54) is 12.0 Å². The molecule has 30 heavy (non-hydrogen) atoms. The van der Waals surface area contributed by atoms with E-state index >= 15 is 0 Å². The molecule has 1 aromatic carbocycles. The quantitative estimate of drug-likeness (QED) is 0.431. The highest BCUT2D eigenvalue weighted by Crippen LogP contribution is 2.42. The second-order valence-electron chi connectivity index (χ2n) is 7.41. The van der Waals surface area contributed by atoms with Crippen LogP contribution in [0.1, 0.15) is 22.7 Å². The fraction of sp³-hybridized carbons (Fsp3) is 0.318. The topological polar surface area (TPSA) is 83.0 Å². The Hall–Kier alpha value is -2.90. The van der Waals surface area contributed by atoms with Gasteiger partial charge in [-0.1, -0.05) is 17.7 Å². The van der Waals surface area contributed by atoms with Crippen molar-refractivity contribution in [2.45, 2.75) is 13.0 Å². The van der Waals surface area contributed by atoms with Crippen molar-refractivity contribution >= 4 is 29.1 Å². The lowest BCUT2D eigenvalue weighted by atomic mass is 9.95. The van der Waals surface area contributed by atoms with Crippen molar-refractivity contribution in [3.05, 3.63) is 63.9 Å². The summed E-state index contributed by atoms with van der Waals surface area (Å²) in [4.78, 5) is 33.4. The first kappa shape index (κ1) is 21.8. The van der Waals surface area contributed by atoms with E-state index in [1.807, 2.05) is 25.9 Å². The molecular weight excluding hydrogens is 406 g/mol. The minimum absolute atomic E-state index is 0.00766. The van der Waals surface area contributed by atoms with Gasteiger partial charge < -0.3 is 19.6 Å². The van der Waals surface area contributed by atoms with Crippen LogP contribution < -0.4 is 4.74 Å². The molecule has 1 N–H and O–H groups in total. The molecular formula is C22H24ClN3O4. The van der Waals surface area contributed by atoms with Crippen molar-refractivity contribution in [1.29, 1.82) is 0 Å². The molecule has 0 radical (unpaired) electrons. The average molecular weight is 430 g/mol. The number of hydrogen-bond donors (Lipinski definition) is 1. The number of carbonyl (C=O) groups is 2. The molecule has 0 saturated carbocycles. The molecule has 158 valence electrons. The van der Waals surface area contributed by atoms with Gasteiger partial charge in [0.1, 0.15) is 11.5 Å². The minimum atomic E-state index is -0.761. The van der Waals surface area contributed by atoms with E-state index in [-0.39, 0.29) is 22.6 Å². The molecule has 1 aromatic heterocycles. The number of likely N-dealkylation sites (N-methyl/N-ethyl adjacent to an activating group) is 1. The van der Waals surface area contributed by atoms with E-state index in [9.17, 15) is 14.7 Å². The molecule has 8 heteroatoms. The van der Waals surface area contributed by atoms with Gasteiger partial charge in [0.15, 0.2) is 0 Å². The van der Waals surface area contributed by atoms with Crippen molar-refractivity contribution < 1.29 is 19.4 Å². The van der Waals surface area contributed by atoms with Crippen molar-refractivity contribution in [2.24, 2.45) is 0 Å². The summed E-state index contributed by atoms with van der Waals surface area (Å²) >= 11 is 6.28. The summed E-state index contributed by atoms with van der Waals surface area (Å²) in [5, 5.41) is 11.5. The van der Waals surface area contributed by atoms with Crippen molar-refractivity contribution in [3.8, 4) is 5.75 Å². The Morgan fingerprint density at radius 1 is 1.33 bits per heavy atom. The van der Waals surface area contributed by atoms with E-state index < -0.39 is 17.7 Å². The summed E-state index contributed by atoms with van der Waals surface area (Å²) in [5.74, 6) is -1.49. The fourth-order valence-corrected chi connectivity index (χ4v) is 3.91. The monoisotopic (exact) mass is 429 g/mol. The van der Waals surface area contributed by atoms with Crippen LogP contribution in [0, 0.1) is 6.92 Å². The summed E-state index contributed by atoms with van der Waals surface area (Å²) in [7, 11) is 5.20. The Morgan fingerprint density at radius 3 is 2.67 bits per heavy atom. The Kier molecular flexibility index (Phi) is 6.43. The van der Waals surface area contributed by atoms with Gasteiger partial charge in [-0.05, 0) is 50.3 Å². The number of ketones is 1. The SMILES string of the molecule is COc1c(Cl)cc(C)cc1/C(O)=C1\C(=O)C(=O)N(CCN(C)C)C1c1cccnc1. The molecule has 0 spiro atoms. The molecule has 3 rings (SSSR count). The number of carbonyl (C=O) groups excluding carboxylic acids is 2. The highest BCUT2D eigenvalue weighted by Gasteiger charge is 2.46. The van der Waals surface area contributed by atoms with Crippen LogP contribution >= 0.6 is 11.6 Å². The van der Waals surface area contributed by atoms with Gasteiger partial charge in [0.2, 0.25) is 0 Å². The van der Waals surface area contributed by atoms with Gasteiger partial charge in [0.25, 0.3) is 11.7 Å². The lowest BCUT2D eigenvalue weighted by Gasteiger charge is -2.26. The standard InChI is InChI=1S/C22H24ClN3O4/c1-13-10-15(21(30-4)16(23)11-13)19(27)17-18(14-6-5-7-24-12-14)26(9-8-25(2)3)22(29)20(17)28/h5-7,10-12,18,27H,8-9H2,1-4H3/b19-17+. The Morgan fingerprint density at radius 2 is 2.07 bits per heavy atom. The van der Waals surface area contributed by atoms with Gasteiger partial charge in [-0.2, -0.15) is 0 Å². The summed E-state index contributed by atoms with van der Waals surface area (Å²) < 4.78 is 5.37. The molecule has 1 aliphatic rings. The predicted octanol–water partition coefficient (Wildman–Crippen LogP) is 3.04. The van der Waals surface area contributed by atoms with Crippen LogP contribution in [0.4, 0.5) is 0 Å². The first-order valence-electron chi connectivity index (χ1n) is 9.43. The molecule has 1 amide bonds. The molecule has 2 heterocycles. The largest absolute Gasteiger partial charge is 0.507 e. The second-order valence-corrected chi connectivity index (χ2v) is 7.82. The first-order valence-corrected chi connectivity index (χ1v) is 9.81. The number of benzene rings is 1. The maximum absolute atomic E-state index is 13.0. The van der Waals surface area contributed by atoms with Crippen molar-refractivity contribution in [1.82, 2.24) is 14.8 Å². The van der Waals surface area contributed by atoms with Crippen LogP contribution in [0.2, 0.25) is 5.02 Å². The van der Waals surface area contributed by atoms with Crippen molar-refractivity contribution in [2.75, 3.05) is 34.3 Å². The first-order chi connectivity index (χ1) is 14.3. The zero-order chi connectivity index (χ0) is 22.0. The van der Waals surface area contributed by atoms with Crippen LogP contribution in [0.25, 0.3) is 5.76 Å². The number of methoxy groups -OCH3 is 1. The third-order valence-electron chi connectivity index (χ3n) is 4.98. The zero-order valence-corrected chi connectivity index (χ0v) is 18.1. The molecule has 1 aliphatic heterocycles. The molecule has 1 fully saturated rings. The molecule has 2 aromatic rings. The lowest BCUT2D eigenvalue weighted by molar-refractivity contribution is -0.140. The number of amides is 1. The number of aromatic nitrogens is 1. The highest BCUT2D eigenvalue weighted by atomic mass is 35.5. The molecule has 1 atom stereocenters. The summed E-state index contributed by atoms with van der Waals surface area (Å²) in [6.07, 6.45) is 3.20. The van der Waals surface area contributed by atoms with Crippen LogP contribution in [0.3, 0.4) is 0 Å². The van der Waals surface area contributed by atoms with Crippen LogP contribution in [-0.2, 0) is 9.59 Å². The normalized spacial score (nSPS) is 18.3. The van der Waals surface area contributed by atoms with E-state index in [1.54, 1.807) is 36.7 Å². The van der Waals surface area contributed by atoms with Gasteiger partial charge in [-0.25, -0.2) is 0 Å². The Labute approximate surface area is 180 Å². The number of ether oxygens (including phenoxy) is 1.